The van der Waals surface area contributed by atoms with Gasteiger partial charge in [-0.05, 0) is 66.4 Å². The van der Waals surface area contributed by atoms with Crippen LogP contribution in [0.15, 0.2) is 66.7 Å². The van der Waals surface area contributed by atoms with Crippen LogP contribution in [0.2, 0.25) is 0 Å². The molecule has 0 saturated carbocycles. The third-order valence-corrected chi connectivity index (χ3v) is 8.11. The van der Waals surface area contributed by atoms with E-state index >= 15 is 0 Å². The molecule has 0 aromatic heterocycles. The lowest BCUT2D eigenvalue weighted by Crippen LogP contribution is -2.30. The highest BCUT2D eigenvalue weighted by molar-refractivity contribution is 7.93. The first-order chi connectivity index (χ1) is 15.9. The van der Waals surface area contributed by atoms with Gasteiger partial charge in [0.25, 0.3) is 5.91 Å². The molecule has 2 N–H and O–H groups in total. The van der Waals surface area contributed by atoms with E-state index in [0.717, 1.165) is 25.2 Å². The molecule has 170 valence electrons. The SMILES string of the molecule is O=C(Nc1cc(N2CCCS2(=O)=O)ccc1O)c1ccc(N2CCc3ccccc3C2)cc1. The van der Waals surface area contributed by atoms with Gasteiger partial charge in [-0.15, -0.1) is 0 Å². The normalized spacial score (nSPS) is 17.0. The average Bonchev–Trinajstić information content (AvgIpc) is 3.19. The summed E-state index contributed by atoms with van der Waals surface area (Å²) in [6, 6.07) is 20.3. The largest absolute Gasteiger partial charge is 0.506 e. The van der Waals surface area contributed by atoms with E-state index in [4.69, 9.17) is 0 Å². The molecule has 1 saturated heterocycles. The van der Waals surface area contributed by atoms with Crippen molar-refractivity contribution < 1.29 is 18.3 Å². The molecule has 3 aromatic rings. The lowest BCUT2D eigenvalue weighted by atomic mass is 9.99. The van der Waals surface area contributed by atoms with Crippen molar-refractivity contribution in [1.82, 2.24) is 0 Å². The van der Waals surface area contributed by atoms with Crippen molar-refractivity contribution in [3.63, 3.8) is 0 Å². The van der Waals surface area contributed by atoms with Gasteiger partial charge in [-0.3, -0.25) is 9.10 Å². The Morgan fingerprint density at radius 3 is 2.36 bits per heavy atom. The summed E-state index contributed by atoms with van der Waals surface area (Å²) in [5.41, 5.74) is 4.81. The van der Waals surface area contributed by atoms with E-state index in [1.165, 1.54) is 27.6 Å². The molecular formula is C25H25N3O4S. The predicted octanol–water partition coefficient (Wildman–Crippen LogP) is 3.75. The van der Waals surface area contributed by atoms with Crippen molar-refractivity contribution in [2.75, 3.05) is 33.4 Å². The molecule has 7 nitrogen and oxygen atoms in total. The van der Waals surface area contributed by atoms with E-state index in [0.29, 0.717) is 24.2 Å². The van der Waals surface area contributed by atoms with Crippen LogP contribution in [0.5, 0.6) is 5.75 Å². The molecule has 2 aliphatic rings. The number of phenolic OH excluding ortho intramolecular Hbond substituents is 1. The summed E-state index contributed by atoms with van der Waals surface area (Å²) in [7, 11) is -3.35. The summed E-state index contributed by atoms with van der Waals surface area (Å²) in [4.78, 5) is 15.1. The predicted molar refractivity (Wildman–Crippen MR) is 129 cm³/mol. The zero-order chi connectivity index (χ0) is 23.0. The van der Waals surface area contributed by atoms with Gasteiger partial charge >= 0.3 is 0 Å². The number of phenols is 1. The number of rotatable bonds is 4. The highest BCUT2D eigenvalue weighted by Gasteiger charge is 2.29. The molecule has 3 aromatic carbocycles. The number of aromatic hydroxyl groups is 1. The Hall–Kier alpha value is -3.52. The average molecular weight is 464 g/mol. The Kier molecular flexibility index (Phi) is 5.46. The number of carbonyl (C=O) groups is 1. The fourth-order valence-corrected chi connectivity index (χ4v) is 6.00. The monoisotopic (exact) mass is 463 g/mol. The van der Waals surface area contributed by atoms with Gasteiger partial charge < -0.3 is 15.3 Å². The van der Waals surface area contributed by atoms with Gasteiger partial charge in [-0.1, -0.05) is 24.3 Å². The number of amides is 1. The van der Waals surface area contributed by atoms with Crippen molar-refractivity contribution in [1.29, 1.82) is 0 Å². The molecule has 2 heterocycles. The fourth-order valence-electron chi connectivity index (χ4n) is 4.44. The van der Waals surface area contributed by atoms with Crippen LogP contribution in [0.3, 0.4) is 0 Å². The first-order valence-electron chi connectivity index (χ1n) is 11.0. The van der Waals surface area contributed by atoms with Gasteiger partial charge in [0.05, 0.1) is 17.1 Å². The molecule has 1 amide bonds. The Bertz CT molecular complexity index is 1310. The summed E-state index contributed by atoms with van der Waals surface area (Å²) in [6.07, 6.45) is 1.54. The second kappa shape index (κ2) is 8.44. The van der Waals surface area contributed by atoms with Gasteiger partial charge in [0.1, 0.15) is 5.75 Å². The topological polar surface area (TPSA) is 90.0 Å². The maximum atomic E-state index is 12.8. The summed E-state index contributed by atoms with van der Waals surface area (Å²) < 4.78 is 25.7. The second-order valence-electron chi connectivity index (χ2n) is 8.38. The molecule has 0 atom stereocenters. The van der Waals surface area contributed by atoms with E-state index in [-0.39, 0.29) is 23.1 Å². The van der Waals surface area contributed by atoms with Crippen LogP contribution < -0.4 is 14.5 Å². The third kappa shape index (κ3) is 4.26. The number of fused-ring (bicyclic) bond motifs is 1. The number of benzene rings is 3. The maximum absolute atomic E-state index is 12.8. The van der Waals surface area contributed by atoms with Crippen LogP contribution in [0.4, 0.5) is 17.1 Å². The van der Waals surface area contributed by atoms with Crippen molar-refractivity contribution in [2.45, 2.75) is 19.4 Å². The number of sulfonamides is 1. The van der Waals surface area contributed by atoms with E-state index in [1.807, 2.05) is 12.1 Å². The Morgan fingerprint density at radius 2 is 1.64 bits per heavy atom. The summed E-state index contributed by atoms with van der Waals surface area (Å²) in [6.45, 7) is 2.15. The lowest BCUT2D eigenvalue weighted by Gasteiger charge is -2.30. The molecule has 0 aliphatic carbocycles. The van der Waals surface area contributed by atoms with Crippen LogP contribution in [-0.4, -0.2) is 38.3 Å². The van der Waals surface area contributed by atoms with Gasteiger partial charge in [0.2, 0.25) is 10.0 Å². The number of hydrogen-bond acceptors (Lipinski definition) is 5. The number of nitrogens with one attached hydrogen (secondary N) is 1. The molecule has 33 heavy (non-hydrogen) atoms. The standard InChI is InChI=1S/C25H25N3O4S/c29-24-11-10-22(28-13-3-15-33(28,31)32)16-23(24)26-25(30)19-6-8-21(9-7-19)27-14-12-18-4-1-2-5-20(18)17-27/h1-2,4-11,16,29H,3,12-15,17H2,(H,26,30). The number of nitrogens with zero attached hydrogens (tertiary/aromatic N) is 2. The van der Waals surface area contributed by atoms with E-state index in [1.54, 1.807) is 18.2 Å². The van der Waals surface area contributed by atoms with Crippen LogP contribution >= 0.6 is 0 Å². The first kappa shape index (κ1) is 21.3. The van der Waals surface area contributed by atoms with E-state index in [9.17, 15) is 18.3 Å². The second-order valence-corrected chi connectivity index (χ2v) is 10.4. The molecular weight excluding hydrogens is 438 g/mol. The Morgan fingerprint density at radius 1 is 0.909 bits per heavy atom. The van der Waals surface area contributed by atoms with Gasteiger partial charge in [-0.2, -0.15) is 0 Å². The summed E-state index contributed by atoms with van der Waals surface area (Å²) in [5.74, 6) is -0.389. The van der Waals surface area contributed by atoms with E-state index < -0.39 is 10.0 Å². The minimum Gasteiger partial charge on any atom is -0.506 e. The van der Waals surface area contributed by atoms with Crippen LogP contribution in [-0.2, 0) is 23.0 Å². The third-order valence-electron chi connectivity index (χ3n) is 6.24. The molecule has 1 fully saturated rings. The van der Waals surface area contributed by atoms with Crippen LogP contribution in [0.1, 0.15) is 27.9 Å². The summed E-state index contributed by atoms with van der Waals surface area (Å²) >= 11 is 0. The van der Waals surface area contributed by atoms with Crippen LogP contribution in [0, 0.1) is 0 Å². The van der Waals surface area contributed by atoms with Gasteiger partial charge in [0, 0.05) is 30.9 Å². The van der Waals surface area contributed by atoms with Crippen molar-refractivity contribution >= 4 is 33.0 Å². The number of carbonyl (C=O) groups excluding carboxylic acids is 1. The summed E-state index contributed by atoms with van der Waals surface area (Å²) in [5, 5.41) is 12.9. The van der Waals surface area contributed by atoms with Crippen molar-refractivity contribution in [2.24, 2.45) is 0 Å². The van der Waals surface area contributed by atoms with Crippen LogP contribution in [0.25, 0.3) is 0 Å². The minimum atomic E-state index is -3.35. The molecule has 0 bridgehead atoms. The highest BCUT2D eigenvalue weighted by atomic mass is 32.2. The molecule has 0 spiro atoms. The van der Waals surface area contributed by atoms with E-state index in [2.05, 4.69) is 34.5 Å². The smallest absolute Gasteiger partial charge is 0.255 e. The maximum Gasteiger partial charge on any atom is 0.255 e. The number of hydrogen-bond donors (Lipinski definition) is 2. The number of anilines is 3. The van der Waals surface area contributed by atoms with Crippen molar-refractivity contribution in [3.05, 3.63) is 83.4 Å². The van der Waals surface area contributed by atoms with Gasteiger partial charge in [-0.25, -0.2) is 8.42 Å². The molecule has 0 unspecified atom stereocenters. The molecule has 0 radical (unpaired) electrons. The quantitative estimate of drug-likeness (QED) is 0.575. The zero-order valence-electron chi connectivity index (χ0n) is 18.1. The minimum absolute atomic E-state index is 0.102. The van der Waals surface area contributed by atoms with Crippen molar-refractivity contribution in [3.8, 4) is 5.75 Å². The highest BCUT2D eigenvalue weighted by Crippen LogP contribution is 2.32. The van der Waals surface area contributed by atoms with Gasteiger partial charge in [0.15, 0.2) is 0 Å². The first-order valence-corrected chi connectivity index (χ1v) is 12.6. The molecule has 2 aliphatic heterocycles. The fraction of sp³-hybridized carbons (Fsp3) is 0.240. The lowest BCUT2D eigenvalue weighted by molar-refractivity contribution is 0.102. The zero-order valence-corrected chi connectivity index (χ0v) is 18.9. The Balaban J connectivity index is 1.30. The molecule has 5 rings (SSSR count). The Labute approximate surface area is 193 Å². The molecule has 8 heteroatoms.